The molecule has 24 heavy (non-hydrogen) atoms. The fraction of sp³-hybridized carbons (Fsp3) is 1.00. The van der Waals surface area contributed by atoms with E-state index in [0.29, 0.717) is 24.2 Å². The van der Waals surface area contributed by atoms with Crippen molar-refractivity contribution in [2.75, 3.05) is 20.6 Å². The minimum Gasteiger partial charge on any atom is -0.378 e. The number of hydrogen-bond acceptors (Lipinski definition) is 4. The Kier molecular flexibility index (Phi) is 4.94. The van der Waals surface area contributed by atoms with Crippen LogP contribution >= 0.6 is 0 Å². The molecular formula is C20H37N3O. The number of hydrogen-bond donors (Lipinski definition) is 1. The Morgan fingerprint density at radius 3 is 2.50 bits per heavy atom. The van der Waals surface area contributed by atoms with E-state index in [2.05, 4.69) is 35.7 Å². The highest BCUT2D eigenvalue weighted by atomic mass is 16.3. The lowest BCUT2D eigenvalue weighted by atomic mass is 9.70. The number of fused-ring (bicyclic) bond motifs is 2. The molecular weight excluding hydrogens is 298 g/mol. The average Bonchev–Trinajstić information content (AvgIpc) is 2.59. The van der Waals surface area contributed by atoms with Crippen LogP contribution in [-0.2, 0) is 0 Å². The van der Waals surface area contributed by atoms with Crippen LogP contribution in [0.4, 0.5) is 0 Å². The van der Waals surface area contributed by atoms with Crippen LogP contribution in [0.3, 0.4) is 0 Å². The van der Waals surface area contributed by atoms with E-state index in [1.54, 1.807) is 0 Å². The van der Waals surface area contributed by atoms with Crippen molar-refractivity contribution in [2.45, 2.75) is 95.2 Å². The molecule has 3 aliphatic heterocycles. The summed E-state index contributed by atoms with van der Waals surface area (Å²) in [5.41, 5.74) is 0. The first-order valence-electron chi connectivity index (χ1n) is 10.5. The highest BCUT2D eigenvalue weighted by Crippen LogP contribution is 2.45. The SMILES string of the molecule is CC1CCCC2N(C)C3CC(C4CCCCN4C)CCC3C(O)N12. The predicted octanol–water partition coefficient (Wildman–Crippen LogP) is 2.72. The van der Waals surface area contributed by atoms with Gasteiger partial charge in [-0.3, -0.25) is 9.80 Å². The quantitative estimate of drug-likeness (QED) is 0.798. The van der Waals surface area contributed by atoms with Gasteiger partial charge in [0.1, 0.15) is 6.23 Å². The molecule has 4 aliphatic rings. The number of nitrogens with zero attached hydrogens (tertiary/aromatic N) is 3. The van der Waals surface area contributed by atoms with Gasteiger partial charge in [-0.05, 0) is 84.8 Å². The maximum atomic E-state index is 11.1. The van der Waals surface area contributed by atoms with Gasteiger partial charge >= 0.3 is 0 Å². The van der Waals surface area contributed by atoms with Crippen molar-refractivity contribution in [3.05, 3.63) is 0 Å². The van der Waals surface area contributed by atoms with Crippen LogP contribution in [0, 0.1) is 11.8 Å². The van der Waals surface area contributed by atoms with E-state index in [-0.39, 0.29) is 6.23 Å². The van der Waals surface area contributed by atoms with E-state index >= 15 is 0 Å². The first kappa shape index (κ1) is 17.3. The van der Waals surface area contributed by atoms with Crippen LogP contribution in [-0.4, -0.2) is 71.0 Å². The summed E-state index contributed by atoms with van der Waals surface area (Å²) in [4.78, 5) is 7.72. The maximum Gasteiger partial charge on any atom is 0.113 e. The fourth-order valence-electron chi connectivity index (χ4n) is 6.54. The third kappa shape index (κ3) is 2.84. The Morgan fingerprint density at radius 2 is 1.71 bits per heavy atom. The molecule has 0 radical (unpaired) electrons. The van der Waals surface area contributed by atoms with Crippen LogP contribution in [0.25, 0.3) is 0 Å². The van der Waals surface area contributed by atoms with E-state index in [1.165, 1.54) is 64.3 Å². The van der Waals surface area contributed by atoms with Crippen molar-refractivity contribution in [1.82, 2.24) is 14.7 Å². The zero-order chi connectivity index (χ0) is 16.8. The topological polar surface area (TPSA) is 30.0 Å². The molecule has 1 aliphatic carbocycles. The monoisotopic (exact) mass is 335 g/mol. The Labute approximate surface area is 148 Å². The zero-order valence-corrected chi connectivity index (χ0v) is 15.9. The highest BCUT2D eigenvalue weighted by Gasteiger charge is 2.50. The molecule has 4 nitrogen and oxygen atoms in total. The van der Waals surface area contributed by atoms with Crippen LogP contribution in [0.15, 0.2) is 0 Å². The van der Waals surface area contributed by atoms with Gasteiger partial charge in [0, 0.05) is 24.0 Å². The summed E-state index contributed by atoms with van der Waals surface area (Å²) in [5, 5.41) is 11.1. The molecule has 7 unspecified atom stereocenters. The number of likely N-dealkylation sites (tertiary alicyclic amines) is 1. The molecule has 0 aromatic heterocycles. The van der Waals surface area contributed by atoms with E-state index in [0.717, 1.165) is 12.0 Å². The molecule has 1 N–H and O–H groups in total. The van der Waals surface area contributed by atoms with Gasteiger partial charge < -0.3 is 10.0 Å². The molecule has 1 saturated carbocycles. The third-order valence-electron chi connectivity index (χ3n) is 7.90. The standard InChI is InChI=1S/C20H37N3O/c1-14-7-6-9-19-22(3)18-13-15(17-8-4-5-12-21(17)2)10-11-16(18)20(24)23(14)19/h14-20,24H,4-13H2,1-3H3. The molecule has 7 atom stereocenters. The summed E-state index contributed by atoms with van der Waals surface area (Å²) >= 11 is 0. The van der Waals surface area contributed by atoms with Crippen LogP contribution in [0.2, 0.25) is 0 Å². The smallest absolute Gasteiger partial charge is 0.113 e. The van der Waals surface area contributed by atoms with E-state index in [9.17, 15) is 5.11 Å². The molecule has 0 aromatic rings. The first-order chi connectivity index (χ1) is 11.6. The fourth-order valence-corrected chi connectivity index (χ4v) is 6.54. The second-order valence-electron chi connectivity index (χ2n) is 9.13. The van der Waals surface area contributed by atoms with Gasteiger partial charge in [-0.2, -0.15) is 0 Å². The Bertz CT molecular complexity index is 445. The first-order valence-corrected chi connectivity index (χ1v) is 10.5. The van der Waals surface area contributed by atoms with Crippen LogP contribution in [0.5, 0.6) is 0 Å². The highest BCUT2D eigenvalue weighted by molar-refractivity contribution is 5.01. The number of aliphatic hydroxyl groups is 1. The van der Waals surface area contributed by atoms with E-state index < -0.39 is 0 Å². The molecule has 3 heterocycles. The van der Waals surface area contributed by atoms with Crippen molar-refractivity contribution < 1.29 is 5.11 Å². The maximum absolute atomic E-state index is 11.1. The zero-order valence-electron chi connectivity index (χ0n) is 15.9. The molecule has 138 valence electrons. The van der Waals surface area contributed by atoms with Gasteiger partial charge in [0.2, 0.25) is 0 Å². The third-order valence-corrected chi connectivity index (χ3v) is 7.90. The molecule has 3 saturated heterocycles. The van der Waals surface area contributed by atoms with Gasteiger partial charge in [-0.1, -0.05) is 6.42 Å². The molecule has 0 bridgehead atoms. The van der Waals surface area contributed by atoms with Crippen molar-refractivity contribution in [2.24, 2.45) is 11.8 Å². The summed E-state index contributed by atoms with van der Waals surface area (Å²) in [7, 11) is 4.67. The minimum atomic E-state index is -0.212. The lowest BCUT2D eigenvalue weighted by Gasteiger charge is -2.59. The van der Waals surface area contributed by atoms with Crippen LogP contribution in [0.1, 0.15) is 64.7 Å². The van der Waals surface area contributed by atoms with Crippen molar-refractivity contribution in [3.63, 3.8) is 0 Å². The van der Waals surface area contributed by atoms with E-state index in [4.69, 9.17) is 0 Å². The molecule has 4 rings (SSSR count). The molecule has 4 fully saturated rings. The Balaban J connectivity index is 1.51. The summed E-state index contributed by atoms with van der Waals surface area (Å²) in [5.74, 6) is 1.29. The predicted molar refractivity (Wildman–Crippen MR) is 97.6 cm³/mol. The lowest BCUT2D eigenvalue weighted by Crippen LogP contribution is -2.69. The van der Waals surface area contributed by atoms with Crippen LogP contribution < -0.4 is 0 Å². The average molecular weight is 336 g/mol. The van der Waals surface area contributed by atoms with Gasteiger partial charge in [0.05, 0.1) is 6.17 Å². The van der Waals surface area contributed by atoms with Crippen molar-refractivity contribution >= 4 is 0 Å². The van der Waals surface area contributed by atoms with Crippen molar-refractivity contribution in [1.29, 1.82) is 0 Å². The Hall–Kier alpha value is -0.160. The summed E-state index contributed by atoms with van der Waals surface area (Å²) < 4.78 is 0. The second-order valence-corrected chi connectivity index (χ2v) is 9.13. The summed E-state index contributed by atoms with van der Waals surface area (Å²) in [6.07, 6.45) is 12.0. The molecule has 0 amide bonds. The van der Waals surface area contributed by atoms with Gasteiger partial charge in [0.15, 0.2) is 0 Å². The normalized spacial score (nSPS) is 48.8. The molecule has 0 spiro atoms. The van der Waals surface area contributed by atoms with Gasteiger partial charge in [-0.25, -0.2) is 0 Å². The Morgan fingerprint density at radius 1 is 0.875 bits per heavy atom. The summed E-state index contributed by atoms with van der Waals surface area (Å²) in [6, 6.07) is 1.90. The van der Waals surface area contributed by atoms with E-state index in [1.807, 2.05) is 0 Å². The lowest BCUT2D eigenvalue weighted by molar-refractivity contribution is -0.210. The van der Waals surface area contributed by atoms with Gasteiger partial charge in [0.25, 0.3) is 0 Å². The summed E-state index contributed by atoms with van der Waals surface area (Å²) in [6.45, 7) is 3.59. The number of rotatable bonds is 1. The second kappa shape index (κ2) is 6.86. The minimum absolute atomic E-state index is 0.212. The molecule has 0 aromatic carbocycles. The largest absolute Gasteiger partial charge is 0.378 e. The molecule has 4 heteroatoms. The number of aliphatic hydroxyl groups excluding tert-OH is 1. The van der Waals surface area contributed by atoms with Gasteiger partial charge in [-0.15, -0.1) is 0 Å². The number of piperidine rings is 2. The van der Waals surface area contributed by atoms with Crippen molar-refractivity contribution in [3.8, 4) is 0 Å².